The van der Waals surface area contributed by atoms with Crippen molar-refractivity contribution < 1.29 is 32.1 Å². The Labute approximate surface area is 245 Å². The zero-order valence-electron chi connectivity index (χ0n) is 24.0. The number of alkyl halides is 2. The van der Waals surface area contributed by atoms with E-state index in [9.17, 15) is 18.3 Å². The zero-order valence-corrected chi connectivity index (χ0v) is 24.0. The number of rotatable bonds is 7. The molecule has 1 atom stereocenters. The minimum Gasteiger partial charge on any atom is -0.463 e. The van der Waals surface area contributed by atoms with Gasteiger partial charge < -0.3 is 19.5 Å². The van der Waals surface area contributed by atoms with Crippen molar-refractivity contribution in [1.29, 1.82) is 0 Å². The molecule has 43 heavy (non-hydrogen) atoms. The first-order valence-electron chi connectivity index (χ1n) is 14.7. The van der Waals surface area contributed by atoms with Crippen LogP contribution in [0.15, 0.2) is 30.5 Å². The summed E-state index contributed by atoms with van der Waals surface area (Å²) in [6, 6.07) is 6.67. The number of nitrogens with zero attached hydrogens (tertiary/aromatic N) is 4. The molecule has 2 aromatic heterocycles. The van der Waals surface area contributed by atoms with Crippen molar-refractivity contribution >= 4 is 27.5 Å². The van der Waals surface area contributed by atoms with Crippen molar-refractivity contribution in [3.8, 4) is 17.3 Å². The molecule has 0 radical (unpaired) electrons. The lowest BCUT2D eigenvalue weighted by Crippen LogP contribution is -2.70. The average Bonchev–Trinajstić information content (AvgIpc) is 3.80. The SMILES string of the molecule is CCc1c(F)ccc2cc(C)cc(-c3ncc4c(N5CCCC6(C5)OCC6(F)F)nc(OCC5(CO)CC5)nc4c3F)c12. The van der Waals surface area contributed by atoms with E-state index in [-0.39, 0.29) is 60.4 Å². The summed E-state index contributed by atoms with van der Waals surface area (Å²) in [4.78, 5) is 15.2. The molecule has 2 aliphatic heterocycles. The number of ether oxygens (including phenoxy) is 2. The number of hydrogen-bond acceptors (Lipinski definition) is 7. The average molecular weight is 597 g/mol. The highest BCUT2D eigenvalue weighted by molar-refractivity contribution is 6.01. The Kier molecular flexibility index (Phi) is 6.55. The first-order valence-corrected chi connectivity index (χ1v) is 14.7. The van der Waals surface area contributed by atoms with Gasteiger partial charge in [0.1, 0.15) is 29.5 Å². The van der Waals surface area contributed by atoms with Gasteiger partial charge in [-0.15, -0.1) is 0 Å². The van der Waals surface area contributed by atoms with E-state index in [0.29, 0.717) is 35.9 Å². The topological polar surface area (TPSA) is 80.6 Å². The van der Waals surface area contributed by atoms with Crippen LogP contribution in [0, 0.1) is 24.0 Å². The summed E-state index contributed by atoms with van der Waals surface area (Å²) in [6.45, 7) is 3.44. The summed E-state index contributed by atoms with van der Waals surface area (Å²) in [5.74, 6) is -3.88. The third kappa shape index (κ3) is 4.50. The van der Waals surface area contributed by atoms with Gasteiger partial charge in [0.25, 0.3) is 0 Å². The van der Waals surface area contributed by atoms with Crippen LogP contribution < -0.4 is 9.64 Å². The third-order valence-corrected chi connectivity index (χ3v) is 9.32. The van der Waals surface area contributed by atoms with Gasteiger partial charge in [-0.1, -0.05) is 19.1 Å². The molecular formula is C32H32F4N4O3. The second-order valence-corrected chi connectivity index (χ2v) is 12.3. The van der Waals surface area contributed by atoms with Crippen molar-refractivity contribution in [2.75, 3.05) is 37.8 Å². The summed E-state index contributed by atoms with van der Waals surface area (Å²) in [5, 5.41) is 11.4. The number of aliphatic hydroxyl groups is 1. The molecule has 1 unspecified atom stereocenters. The van der Waals surface area contributed by atoms with E-state index in [4.69, 9.17) is 9.47 Å². The molecule has 7 nitrogen and oxygen atoms in total. The maximum Gasteiger partial charge on any atom is 0.319 e. The van der Waals surface area contributed by atoms with E-state index in [0.717, 1.165) is 23.8 Å². The van der Waals surface area contributed by atoms with Crippen LogP contribution in [0.2, 0.25) is 0 Å². The number of anilines is 1. The molecule has 7 rings (SSSR count). The lowest BCUT2D eigenvalue weighted by Gasteiger charge is -2.53. The molecule has 1 spiro atoms. The van der Waals surface area contributed by atoms with Gasteiger partial charge in [0.2, 0.25) is 0 Å². The van der Waals surface area contributed by atoms with E-state index in [1.807, 2.05) is 19.9 Å². The highest BCUT2D eigenvalue weighted by Gasteiger charge is 2.64. The Morgan fingerprint density at radius 2 is 1.93 bits per heavy atom. The van der Waals surface area contributed by atoms with Crippen molar-refractivity contribution in [2.24, 2.45) is 5.41 Å². The van der Waals surface area contributed by atoms with E-state index in [2.05, 4.69) is 15.0 Å². The van der Waals surface area contributed by atoms with Crippen LogP contribution in [0.3, 0.4) is 0 Å². The number of fused-ring (bicyclic) bond motifs is 2. The quantitative estimate of drug-likeness (QED) is 0.257. The lowest BCUT2D eigenvalue weighted by molar-refractivity contribution is -0.329. The molecule has 0 bridgehead atoms. The molecule has 11 heteroatoms. The van der Waals surface area contributed by atoms with Crippen molar-refractivity contribution in [1.82, 2.24) is 15.0 Å². The molecule has 3 fully saturated rings. The minimum absolute atomic E-state index is 0.00454. The molecule has 4 heterocycles. The number of aromatic nitrogens is 3. The Bertz CT molecular complexity index is 1760. The number of piperidine rings is 1. The fraction of sp³-hybridized carbons (Fsp3) is 0.469. The summed E-state index contributed by atoms with van der Waals surface area (Å²) in [5.41, 5.74) is -0.364. The number of pyridine rings is 1. The van der Waals surface area contributed by atoms with Gasteiger partial charge in [0.15, 0.2) is 11.4 Å². The predicted molar refractivity (Wildman–Crippen MR) is 154 cm³/mol. The second-order valence-electron chi connectivity index (χ2n) is 12.3. The van der Waals surface area contributed by atoms with Crippen LogP contribution in [-0.4, -0.2) is 64.5 Å². The first kappa shape index (κ1) is 28.2. The van der Waals surface area contributed by atoms with Crippen LogP contribution >= 0.6 is 0 Å². The van der Waals surface area contributed by atoms with E-state index in [1.54, 1.807) is 17.0 Å². The van der Waals surface area contributed by atoms with Crippen LogP contribution in [0.1, 0.15) is 43.7 Å². The van der Waals surface area contributed by atoms with E-state index < -0.39 is 29.4 Å². The molecule has 226 valence electrons. The van der Waals surface area contributed by atoms with Gasteiger partial charge in [-0.25, -0.2) is 17.6 Å². The molecule has 2 aromatic carbocycles. The fourth-order valence-corrected chi connectivity index (χ4v) is 6.46. The highest BCUT2D eigenvalue weighted by atomic mass is 19.3. The molecule has 0 amide bonds. The van der Waals surface area contributed by atoms with E-state index >= 15 is 4.39 Å². The largest absolute Gasteiger partial charge is 0.463 e. The van der Waals surface area contributed by atoms with Gasteiger partial charge in [0.05, 0.1) is 25.1 Å². The summed E-state index contributed by atoms with van der Waals surface area (Å²) in [7, 11) is 0. The van der Waals surface area contributed by atoms with Crippen LogP contribution in [0.25, 0.3) is 32.9 Å². The standard InChI is InChI=1S/C32H32F4N4O3/c1-3-20-23(33)6-5-19-11-18(2)12-21(24(19)20)26-25(34)27-22(13-37-26)28(39-29(38-27)42-16-30(15-41)8-9-30)40-10-4-7-31(14-40)32(35,36)17-43-31/h5-6,11-13,41H,3-4,7-10,14-17H2,1-2H3. The summed E-state index contributed by atoms with van der Waals surface area (Å²) < 4.78 is 72.3. The molecule has 1 saturated carbocycles. The lowest BCUT2D eigenvalue weighted by atomic mass is 9.82. The van der Waals surface area contributed by atoms with Gasteiger partial charge in [0, 0.05) is 23.7 Å². The molecule has 2 saturated heterocycles. The van der Waals surface area contributed by atoms with Gasteiger partial charge in [-0.3, -0.25) is 4.98 Å². The molecule has 3 aliphatic rings. The number of aryl methyl sites for hydroxylation is 2. The van der Waals surface area contributed by atoms with Gasteiger partial charge in [-0.2, -0.15) is 9.97 Å². The smallest absolute Gasteiger partial charge is 0.319 e. The van der Waals surface area contributed by atoms with Crippen molar-refractivity contribution in [2.45, 2.75) is 57.5 Å². The molecule has 4 aromatic rings. The molecule has 1 aliphatic carbocycles. The number of hydrogen-bond donors (Lipinski definition) is 1. The zero-order chi connectivity index (χ0) is 30.1. The Morgan fingerprint density at radius 3 is 2.60 bits per heavy atom. The monoisotopic (exact) mass is 596 g/mol. The number of aliphatic hydroxyl groups excluding tert-OH is 1. The van der Waals surface area contributed by atoms with E-state index in [1.165, 1.54) is 12.3 Å². The van der Waals surface area contributed by atoms with Crippen molar-refractivity contribution in [3.05, 3.63) is 53.2 Å². The predicted octanol–water partition coefficient (Wildman–Crippen LogP) is 6.15. The Morgan fingerprint density at radius 1 is 1.12 bits per heavy atom. The fourth-order valence-electron chi connectivity index (χ4n) is 6.46. The highest BCUT2D eigenvalue weighted by Crippen LogP contribution is 2.49. The van der Waals surface area contributed by atoms with Crippen LogP contribution in [0.4, 0.5) is 23.4 Å². The Hall–Kier alpha value is -3.57. The van der Waals surface area contributed by atoms with Gasteiger partial charge in [-0.05, 0) is 73.1 Å². The maximum absolute atomic E-state index is 16.7. The van der Waals surface area contributed by atoms with Crippen LogP contribution in [-0.2, 0) is 11.2 Å². The Balaban J connectivity index is 1.40. The van der Waals surface area contributed by atoms with Crippen LogP contribution in [0.5, 0.6) is 6.01 Å². The third-order valence-electron chi connectivity index (χ3n) is 9.32. The minimum atomic E-state index is -2.98. The number of benzene rings is 2. The first-order chi connectivity index (χ1) is 20.6. The summed E-state index contributed by atoms with van der Waals surface area (Å²) >= 11 is 0. The maximum atomic E-state index is 16.7. The molecular weight excluding hydrogens is 564 g/mol. The summed E-state index contributed by atoms with van der Waals surface area (Å²) in [6.07, 6.45) is 4.04. The molecule has 1 N–H and O–H groups in total. The van der Waals surface area contributed by atoms with Crippen molar-refractivity contribution in [3.63, 3.8) is 0 Å². The number of halogens is 4. The van der Waals surface area contributed by atoms with Gasteiger partial charge >= 0.3 is 11.9 Å². The normalized spacial score (nSPS) is 22.3. The second kappa shape index (κ2) is 9.99.